The molecular weight excluding hydrogens is 296 g/mol. The van der Waals surface area contributed by atoms with Crippen molar-refractivity contribution >= 4 is 0 Å². The van der Waals surface area contributed by atoms with E-state index in [0.29, 0.717) is 34.1 Å². The predicted molar refractivity (Wildman–Crippen MR) is 86.7 cm³/mol. The predicted octanol–water partition coefficient (Wildman–Crippen LogP) is 2.83. The molecule has 23 heavy (non-hydrogen) atoms. The number of phenols is 1. The van der Waals surface area contributed by atoms with Crippen molar-refractivity contribution in [3.05, 3.63) is 41.5 Å². The van der Waals surface area contributed by atoms with Gasteiger partial charge in [-0.3, -0.25) is 0 Å². The number of rotatable bonds is 4. The van der Waals surface area contributed by atoms with Crippen LogP contribution in [0.2, 0.25) is 0 Å². The largest absolute Gasteiger partial charge is 0.508 e. The number of ether oxygens (including phenoxy) is 4. The SMILES string of the molecule is COc1cc(O)cc(C#Cc2cc(OC)c(OC)c(OC)c2)c1. The summed E-state index contributed by atoms with van der Waals surface area (Å²) < 4.78 is 21.0. The summed E-state index contributed by atoms with van der Waals surface area (Å²) in [5.74, 6) is 8.20. The molecule has 0 aliphatic carbocycles. The normalized spacial score (nSPS) is 9.57. The van der Waals surface area contributed by atoms with E-state index in [1.165, 1.54) is 13.2 Å². The molecule has 0 atom stereocenters. The Bertz CT molecular complexity index is 731. The molecule has 0 fully saturated rings. The van der Waals surface area contributed by atoms with Gasteiger partial charge in [-0.1, -0.05) is 11.8 Å². The van der Waals surface area contributed by atoms with Gasteiger partial charge in [0.2, 0.25) is 5.75 Å². The molecule has 2 rings (SSSR count). The zero-order valence-electron chi connectivity index (χ0n) is 13.5. The van der Waals surface area contributed by atoms with E-state index in [0.717, 1.165) is 0 Å². The molecule has 5 nitrogen and oxygen atoms in total. The van der Waals surface area contributed by atoms with Gasteiger partial charge >= 0.3 is 0 Å². The first-order chi connectivity index (χ1) is 11.1. The van der Waals surface area contributed by atoms with Gasteiger partial charge in [0.15, 0.2) is 11.5 Å². The van der Waals surface area contributed by atoms with Crippen molar-refractivity contribution in [2.75, 3.05) is 28.4 Å². The minimum absolute atomic E-state index is 0.0959. The van der Waals surface area contributed by atoms with E-state index >= 15 is 0 Å². The van der Waals surface area contributed by atoms with Gasteiger partial charge in [0.25, 0.3) is 0 Å². The monoisotopic (exact) mass is 314 g/mol. The highest BCUT2D eigenvalue weighted by Gasteiger charge is 2.12. The van der Waals surface area contributed by atoms with Crippen LogP contribution in [0.5, 0.6) is 28.7 Å². The average molecular weight is 314 g/mol. The van der Waals surface area contributed by atoms with E-state index in [9.17, 15) is 5.11 Å². The number of hydrogen-bond acceptors (Lipinski definition) is 5. The third kappa shape index (κ3) is 3.80. The van der Waals surface area contributed by atoms with Crippen LogP contribution < -0.4 is 18.9 Å². The van der Waals surface area contributed by atoms with Crippen molar-refractivity contribution < 1.29 is 24.1 Å². The summed E-state index contributed by atoms with van der Waals surface area (Å²) in [4.78, 5) is 0. The Morgan fingerprint density at radius 2 is 1.26 bits per heavy atom. The Hall–Kier alpha value is -3.00. The average Bonchev–Trinajstić information content (AvgIpc) is 2.58. The summed E-state index contributed by atoms with van der Waals surface area (Å²) in [6.07, 6.45) is 0. The summed E-state index contributed by atoms with van der Waals surface area (Å²) >= 11 is 0. The smallest absolute Gasteiger partial charge is 0.203 e. The molecule has 0 heterocycles. The molecule has 0 unspecified atom stereocenters. The van der Waals surface area contributed by atoms with Crippen LogP contribution in [0.15, 0.2) is 30.3 Å². The van der Waals surface area contributed by atoms with Crippen molar-refractivity contribution in [2.24, 2.45) is 0 Å². The lowest BCUT2D eigenvalue weighted by Gasteiger charge is -2.12. The Kier molecular flexibility index (Phi) is 5.21. The van der Waals surface area contributed by atoms with Crippen LogP contribution in [-0.4, -0.2) is 33.5 Å². The fourth-order valence-electron chi connectivity index (χ4n) is 2.07. The molecule has 5 heteroatoms. The first-order valence-corrected chi connectivity index (χ1v) is 6.81. The topological polar surface area (TPSA) is 57.2 Å². The van der Waals surface area contributed by atoms with Gasteiger partial charge in [-0.15, -0.1) is 0 Å². The van der Waals surface area contributed by atoms with Crippen LogP contribution in [0, 0.1) is 11.8 Å². The maximum Gasteiger partial charge on any atom is 0.203 e. The standard InChI is InChI=1S/C18H18O5/c1-20-15-8-12(7-14(19)11-15)5-6-13-9-16(21-2)18(23-4)17(10-13)22-3/h7-11,19H,1-4H3. The number of methoxy groups -OCH3 is 4. The highest BCUT2D eigenvalue weighted by Crippen LogP contribution is 2.37. The summed E-state index contributed by atoms with van der Waals surface area (Å²) in [5, 5.41) is 9.65. The van der Waals surface area contributed by atoms with Crippen LogP contribution in [-0.2, 0) is 0 Å². The minimum Gasteiger partial charge on any atom is -0.508 e. The van der Waals surface area contributed by atoms with Gasteiger partial charge in [0, 0.05) is 17.2 Å². The summed E-state index contributed by atoms with van der Waals surface area (Å²) in [6.45, 7) is 0. The van der Waals surface area contributed by atoms with Gasteiger partial charge in [-0.25, -0.2) is 0 Å². The molecule has 0 saturated carbocycles. The van der Waals surface area contributed by atoms with E-state index in [2.05, 4.69) is 11.8 Å². The number of benzene rings is 2. The molecule has 2 aromatic carbocycles. The molecule has 0 aromatic heterocycles. The van der Waals surface area contributed by atoms with Gasteiger partial charge in [0.05, 0.1) is 28.4 Å². The van der Waals surface area contributed by atoms with Crippen molar-refractivity contribution in [3.63, 3.8) is 0 Å². The van der Waals surface area contributed by atoms with Crippen molar-refractivity contribution in [2.45, 2.75) is 0 Å². The summed E-state index contributed by atoms with van der Waals surface area (Å²) in [6, 6.07) is 8.34. The fourth-order valence-corrected chi connectivity index (χ4v) is 2.07. The Morgan fingerprint density at radius 1 is 0.696 bits per heavy atom. The third-order valence-electron chi connectivity index (χ3n) is 3.14. The van der Waals surface area contributed by atoms with Crippen molar-refractivity contribution in [1.82, 2.24) is 0 Å². The van der Waals surface area contributed by atoms with E-state index < -0.39 is 0 Å². The molecule has 2 aromatic rings. The lowest BCUT2D eigenvalue weighted by atomic mass is 10.1. The highest BCUT2D eigenvalue weighted by molar-refractivity contribution is 5.58. The van der Waals surface area contributed by atoms with Crippen LogP contribution >= 0.6 is 0 Å². The second-order valence-electron chi connectivity index (χ2n) is 4.58. The van der Waals surface area contributed by atoms with E-state index in [1.54, 1.807) is 45.6 Å². The molecule has 120 valence electrons. The van der Waals surface area contributed by atoms with Gasteiger partial charge in [-0.05, 0) is 24.3 Å². The van der Waals surface area contributed by atoms with Gasteiger partial charge < -0.3 is 24.1 Å². The van der Waals surface area contributed by atoms with E-state index in [1.807, 2.05) is 0 Å². The van der Waals surface area contributed by atoms with Crippen molar-refractivity contribution in [1.29, 1.82) is 0 Å². The van der Waals surface area contributed by atoms with Crippen LogP contribution in [0.3, 0.4) is 0 Å². The second kappa shape index (κ2) is 7.32. The molecule has 0 aliphatic heterocycles. The van der Waals surface area contributed by atoms with Crippen LogP contribution in [0.4, 0.5) is 0 Å². The molecular formula is C18H18O5. The molecule has 0 radical (unpaired) electrons. The van der Waals surface area contributed by atoms with Gasteiger partial charge in [-0.2, -0.15) is 0 Å². The first kappa shape index (κ1) is 16.4. The Morgan fingerprint density at radius 3 is 1.74 bits per heavy atom. The Balaban J connectivity index is 2.43. The highest BCUT2D eigenvalue weighted by atomic mass is 16.5. The first-order valence-electron chi connectivity index (χ1n) is 6.81. The van der Waals surface area contributed by atoms with Crippen LogP contribution in [0.1, 0.15) is 11.1 Å². The summed E-state index contributed by atoms with van der Waals surface area (Å²) in [5.41, 5.74) is 1.33. The minimum atomic E-state index is 0.0959. The number of aromatic hydroxyl groups is 1. The maximum absolute atomic E-state index is 9.65. The molecule has 0 amide bonds. The fraction of sp³-hybridized carbons (Fsp3) is 0.222. The molecule has 0 spiro atoms. The number of phenolic OH excluding ortho intramolecular Hbond substituents is 1. The second-order valence-corrected chi connectivity index (χ2v) is 4.58. The van der Waals surface area contributed by atoms with E-state index in [4.69, 9.17) is 18.9 Å². The lowest BCUT2D eigenvalue weighted by Crippen LogP contribution is -1.95. The third-order valence-corrected chi connectivity index (χ3v) is 3.14. The van der Waals surface area contributed by atoms with Crippen LogP contribution in [0.25, 0.3) is 0 Å². The molecule has 1 N–H and O–H groups in total. The lowest BCUT2D eigenvalue weighted by molar-refractivity contribution is 0.324. The maximum atomic E-state index is 9.65. The summed E-state index contributed by atoms with van der Waals surface area (Å²) in [7, 11) is 6.18. The number of hydrogen-bond donors (Lipinski definition) is 1. The van der Waals surface area contributed by atoms with E-state index in [-0.39, 0.29) is 5.75 Å². The zero-order valence-corrected chi connectivity index (χ0v) is 13.5. The zero-order chi connectivity index (χ0) is 16.8. The molecule has 0 bridgehead atoms. The van der Waals surface area contributed by atoms with Gasteiger partial charge in [0.1, 0.15) is 11.5 Å². The molecule has 0 aliphatic rings. The molecule has 0 saturated heterocycles. The Labute approximate surface area is 135 Å². The quantitative estimate of drug-likeness (QED) is 0.880. The van der Waals surface area contributed by atoms with Crippen molar-refractivity contribution in [3.8, 4) is 40.6 Å².